The summed E-state index contributed by atoms with van der Waals surface area (Å²) in [5.74, 6) is 0.249. The van der Waals surface area contributed by atoms with Crippen LogP contribution in [0.25, 0.3) is 0 Å². The number of likely N-dealkylation sites (tertiary alicyclic amines) is 1. The molecular formula is C22H27N3O2. The van der Waals surface area contributed by atoms with Crippen LogP contribution in [0.15, 0.2) is 54.6 Å². The standard InChI is InChI=1S/C22H27N3O2/c23-22(27)19-8-10-20(11-9-19)24-21(26)16-25-14-12-18(13-15-25)7-6-17-4-2-1-3-5-17/h1-5,8-11,18H,6-7,12-16H2,(H2,23,27)(H,24,26). The second-order valence-corrected chi connectivity index (χ2v) is 7.23. The van der Waals surface area contributed by atoms with Crippen molar-refractivity contribution in [2.45, 2.75) is 25.7 Å². The first-order valence-electron chi connectivity index (χ1n) is 9.56. The quantitative estimate of drug-likeness (QED) is 0.792. The Morgan fingerprint density at radius 2 is 1.67 bits per heavy atom. The predicted molar refractivity (Wildman–Crippen MR) is 108 cm³/mol. The van der Waals surface area contributed by atoms with Gasteiger partial charge in [0.1, 0.15) is 0 Å². The van der Waals surface area contributed by atoms with Gasteiger partial charge in [0.2, 0.25) is 11.8 Å². The Morgan fingerprint density at radius 1 is 1.00 bits per heavy atom. The molecule has 2 aromatic rings. The third-order valence-electron chi connectivity index (χ3n) is 5.21. The molecule has 0 unspecified atom stereocenters. The third kappa shape index (κ3) is 5.93. The highest BCUT2D eigenvalue weighted by Gasteiger charge is 2.20. The zero-order chi connectivity index (χ0) is 19.1. The van der Waals surface area contributed by atoms with Crippen LogP contribution in [0.2, 0.25) is 0 Å². The van der Waals surface area contributed by atoms with E-state index in [0.29, 0.717) is 17.8 Å². The molecule has 27 heavy (non-hydrogen) atoms. The Bertz CT molecular complexity index is 751. The van der Waals surface area contributed by atoms with E-state index in [1.54, 1.807) is 24.3 Å². The number of hydrogen-bond acceptors (Lipinski definition) is 3. The molecule has 1 aliphatic rings. The van der Waals surface area contributed by atoms with Crippen molar-refractivity contribution in [2.24, 2.45) is 11.7 Å². The largest absolute Gasteiger partial charge is 0.366 e. The summed E-state index contributed by atoms with van der Waals surface area (Å²) >= 11 is 0. The van der Waals surface area contributed by atoms with E-state index in [2.05, 4.69) is 40.5 Å². The van der Waals surface area contributed by atoms with Crippen LogP contribution >= 0.6 is 0 Å². The fourth-order valence-corrected chi connectivity index (χ4v) is 3.57. The van der Waals surface area contributed by atoms with E-state index in [9.17, 15) is 9.59 Å². The van der Waals surface area contributed by atoms with Gasteiger partial charge in [-0.1, -0.05) is 30.3 Å². The first kappa shape index (κ1) is 19.1. The maximum Gasteiger partial charge on any atom is 0.248 e. The first-order chi connectivity index (χ1) is 13.1. The van der Waals surface area contributed by atoms with Crippen LogP contribution in [-0.2, 0) is 11.2 Å². The minimum Gasteiger partial charge on any atom is -0.366 e. The zero-order valence-corrected chi connectivity index (χ0v) is 15.6. The molecule has 1 aliphatic heterocycles. The van der Waals surface area contributed by atoms with E-state index < -0.39 is 5.91 Å². The van der Waals surface area contributed by atoms with Crippen LogP contribution in [0, 0.1) is 5.92 Å². The van der Waals surface area contributed by atoms with Gasteiger partial charge in [-0.3, -0.25) is 14.5 Å². The number of aryl methyl sites for hydroxylation is 1. The molecule has 5 nitrogen and oxygen atoms in total. The lowest BCUT2D eigenvalue weighted by molar-refractivity contribution is -0.117. The molecule has 142 valence electrons. The Morgan fingerprint density at radius 3 is 2.30 bits per heavy atom. The zero-order valence-electron chi connectivity index (χ0n) is 15.6. The summed E-state index contributed by atoms with van der Waals surface area (Å²) in [4.78, 5) is 25.5. The maximum atomic E-state index is 12.2. The van der Waals surface area contributed by atoms with Crippen molar-refractivity contribution in [3.8, 4) is 0 Å². The Kier molecular flexibility index (Phi) is 6.60. The van der Waals surface area contributed by atoms with E-state index >= 15 is 0 Å². The van der Waals surface area contributed by atoms with Gasteiger partial charge in [-0.05, 0) is 74.5 Å². The van der Waals surface area contributed by atoms with E-state index in [-0.39, 0.29) is 5.91 Å². The fourth-order valence-electron chi connectivity index (χ4n) is 3.57. The monoisotopic (exact) mass is 365 g/mol. The normalized spacial score (nSPS) is 15.4. The van der Waals surface area contributed by atoms with Crippen LogP contribution < -0.4 is 11.1 Å². The van der Waals surface area contributed by atoms with Gasteiger partial charge >= 0.3 is 0 Å². The first-order valence-corrected chi connectivity index (χ1v) is 9.56. The summed E-state index contributed by atoms with van der Waals surface area (Å²) in [5, 5.41) is 2.88. The van der Waals surface area contributed by atoms with Crippen molar-refractivity contribution in [1.82, 2.24) is 4.90 Å². The summed E-state index contributed by atoms with van der Waals surface area (Å²) in [5.41, 5.74) is 7.74. The molecule has 0 aliphatic carbocycles. The van der Waals surface area contributed by atoms with Crippen LogP contribution in [0.3, 0.4) is 0 Å². The number of amides is 2. The summed E-state index contributed by atoms with van der Waals surface area (Å²) in [6.45, 7) is 2.34. The van der Waals surface area contributed by atoms with Gasteiger partial charge in [0.05, 0.1) is 6.54 Å². The smallest absolute Gasteiger partial charge is 0.248 e. The van der Waals surface area contributed by atoms with E-state index in [1.165, 1.54) is 12.0 Å². The van der Waals surface area contributed by atoms with Crippen LogP contribution in [0.4, 0.5) is 5.69 Å². The molecule has 2 aromatic carbocycles. The van der Waals surface area contributed by atoms with E-state index in [1.807, 2.05) is 0 Å². The highest BCUT2D eigenvalue weighted by molar-refractivity contribution is 5.95. The summed E-state index contributed by atoms with van der Waals surface area (Å²) < 4.78 is 0. The topological polar surface area (TPSA) is 75.4 Å². The van der Waals surface area contributed by atoms with Crippen molar-refractivity contribution in [3.05, 3.63) is 65.7 Å². The maximum absolute atomic E-state index is 12.2. The van der Waals surface area contributed by atoms with Crippen molar-refractivity contribution in [3.63, 3.8) is 0 Å². The highest BCUT2D eigenvalue weighted by atomic mass is 16.2. The predicted octanol–water partition coefficient (Wildman–Crippen LogP) is 3.07. The summed E-state index contributed by atoms with van der Waals surface area (Å²) in [7, 11) is 0. The molecular weight excluding hydrogens is 338 g/mol. The molecule has 0 bridgehead atoms. The number of primary amides is 1. The highest BCUT2D eigenvalue weighted by Crippen LogP contribution is 2.22. The number of anilines is 1. The van der Waals surface area contributed by atoms with Gasteiger partial charge in [0, 0.05) is 11.3 Å². The van der Waals surface area contributed by atoms with Crippen LogP contribution in [0.1, 0.15) is 35.2 Å². The van der Waals surface area contributed by atoms with Crippen LogP contribution in [-0.4, -0.2) is 36.3 Å². The van der Waals surface area contributed by atoms with Gasteiger partial charge in [-0.2, -0.15) is 0 Å². The lowest BCUT2D eigenvalue weighted by Crippen LogP contribution is -2.39. The number of carbonyl (C=O) groups is 2. The molecule has 1 saturated heterocycles. The van der Waals surface area contributed by atoms with Gasteiger partial charge in [0.15, 0.2) is 0 Å². The molecule has 5 heteroatoms. The molecule has 1 fully saturated rings. The number of hydrogen-bond donors (Lipinski definition) is 2. The van der Waals surface area contributed by atoms with Gasteiger partial charge in [-0.15, -0.1) is 0 Å². The molecule has 2 amide bonds. The van der Waals surface area contributed by atoms with E-state index in [0.717, 1.165) is 38.3 Å². The average molecular weight is 365 g/mol. The Balaban J connectivity index is 1.38. The minimum absolute atomic E-state index is 0.0236. The minimum atomic E-state index is -0.469. The molecule has 3 rings (SSSR count). The molecule has 0 aromatic heterocycles. The van der Waals surface area contributed by atoms with Crippen LogP contribution in [0.5, 0.6) is 0 Å². The van der Waals surface area contributed by atoms with Gasteiger partial charge in [0.25, 0.3) is 0 Å². The molecule has 1 heterocycles. The molecule has 0 saturated carbocycles. The van der Waals surface area contributed by atoms with Gasteiger partial charge < -0.3 is 11.1 Å². The lowest BCUT2D eigenvalue weighted by Gasteiger charge is -2.31. The van der Waals surface area contributed by atoms with Crippen molar-refractivity contribution < 1.29 is 9.59 Å². The number of piperidine rings is 1. The SMILES string of the molecule is NC(=O)c1ccc(NC(=O)CN2CCC(CCc3ccccc3)CC2)cc1. The second kappa shape index (κ2) is 9.33. The number of nitrogens with two attached hydrogens (primary N) is 1. The number of benzene rings is 2. The number of nitrogens with zero attached hydrogens (tertiary/aromatic N) is 1. The number of rotatable bonds is 7. The molecule has 0 spiro atoms. The Labute approximate surface area is 160 Å². The van der Waals surface area contributed by atoms with E-state index in [4.69, 9.17) is 5.73 Å². The summed E-state index contributed by atoms with van der Waals surface area (Å²) in [6, 6.07) is 17.3. The molecule has 0 atom stereocenters. The third-order valence-corrected chi connectivity index (χ3v) is 5.21. The Hall–Kier alpha value is -2.66. The number of carbonyl (C=O) groups excluding carboxylic acids is 2. The van der Waals surface area contributed by atoms with Crippen molar-refractivity contribution >= 4 is 17.5 Å². The van der Waals surface area contributed by atoms with Crippen molar-refractivity contribution in [2.75, 3.05) is 25.0 Å². The molecule has 3 N–H and O–H groups in total. The average Bonchev–Trinajstić information content (AvgIpc) is 2.68. The van der Waals surface area contributed by atoms with Gasteiger partial charge in [-0.25, -0.2) is 0 Å². The fraction of sp³-hybridized carbons (Fsp3) is 0.364. The second-order valence-electron chi connectivity index (χ2n) is 7.23. The lowest BCUT2D eigenvalue weighted by atomic mass is 9.90. The molecule has 0 radical (unpaired) electrons. The van der Waals surface area contributed by atoms with Crippen molar-refractivity contribution in [1.29, 1.82) is 0 Å². The summed E-state index contributed by atoms with van der Waals surface area (Å²) in [6.07, 6.45) is 4.64. The number of nitrogens with one attached hydrogen (secondary N) is 1.